The molecule has 1 saturated carbocycles. The second kappa shape index (κ2) is 8.17. The Balaban J connectivity index is 1.62. The normalized spacial score (nSPS) is 23.2. The second-order valence-corrected chi connectivity index (χ2v) is 8.47. The summed E-state index contributed by atoms with van der Waals surface area (Å²) >= 11 is 0. The van der Waals surface area contributed by atoms with E-state index in [-0.39, 0.29) is 23.8 Å². The number of rotatable bonds is 5. The third-order valence-electron chi connectivity index (χ3n) is 6.61. The van der Waals surface area contributed by atoms with Crippen LogP contribution in [0.25, 0.3) is 0 Å². The number of nitrogens with one attached hydrogen (secondary N) is 1. The van der Waals surface area contributed by atoms with Crippen molar-refractivity contribution < 1.29 is 23.8 Å². The Labute approximate surface area is 176 Å². The molecular weight excluding hydrogens is 382 g/mol. The molecule has 0 bridgehead atoms. The van der Waals surface area contributed by atoms with Crippen molar-refractivity contribution in [1.82, 2.24) is 4.98 Å². The summed E-state index contributed by atoms with van der Waals surface area (Å²) in [7, 11) is 3.24. The minimum atomic E-state index is -0.357. The lowest BCUT2D eigenvalue weighted by Crippen LogP contribution is -2.21. The fourth-order valence-corrected chi connectivity index (χ4v) is 4.90. The van der Waals surface area contributed by atoms with Crippen molar-refractivity contribution in [3.63, 3.8) is 0 Å². The van der Waals surface area contributed by atoms with E-state index in [0.717, 1.165) is 42.0 Å². The van der Waals surface area contributed by atoms with Crippen LogP contribution in [-0.2, 0) is 11.2 Å². The van der Waals surface area contributed by atoms with Gasteiger partial charge in [-0.3, -0.25) is 4.79 Å². The molecule has 6 heteroatoms. The highest BCUT2D eigenvalue weighted by molar-refractivity contribution is 6.03. The number of esters is 1. The van der Waals surface area contributed by atoms with Crippen molar-refractivity contribution in [3.8, 4) is 11.5 Å². The maximum atomic E-state index is 13.0. The molecule has 30 heavy (non-hydrogen) atoms. The van der Waals surface area contributed by atoms with Crippen LogP contribution in [0, 0.1) is 12.8 Å². The molecule has 6 nitrogen and oxygen atoms in total. The minimum absolute atomic E-state index is 0.0353. The molecule has 1 aromatic heterocycles. The number of Topliss-reactive ketones (excluding diaryl/α,β-unsaturated/α-hetero) is 1. The predicted octanol–water partition coefficient (Wildman–Crippen LogP) is 4.60. The van der Waals surface area contributed by atoms with Crippen LogP contribution < -0.4 is 9.47 Å². The van der Waals surface area contributed by atoms with Gasteiger partial charge in [0.15, 0.2) is 5.78 Å². The van der Waals surface area contributed by atoms with Gasteiger partial charge in [-0.1, -0.05) is 6.92 Å². The zero-order chi connectivity index (χ0) is 21.4. The van der Waals surface area contributed by atoms with E-state index >= 15 is 0 Å². The molecule has 2 aliphatic rings. The Hall–Kier alpha value is -2.76. The summed E-state index contributed by atoms with van der Waals surface area (Å²) in [6.07, 6.45) is 4.02. The van der Waals surface area contributed by atoms with Gasteiger partial charge < -0.3 is 19.2 Å². The highest BCUT2D eigenvalue weighted by Gasteiger charge is 2.35. The summed E-state index contributed by atoms with van der Waals surface area (Å²) in [4.78, 5) is 29.1. The van der Waals surface area contributed by atoms with Gasteiger partial charge in [0.25, 0.3) is 0 Å². The zero-order valence-corrected chi connectivity index (χ0v) is 18.0. The molecule has 0 saturated heterocycles. The number of methoxy groups -OCH3 is 2. The first-order chi connectivity index (χ1) is 14.4. The van der Waals surface area contributed by atoms with Crippen LogP contribution in [0.4, 0.5) is 0 Å². The van der Waals surface area contributed by atoms with Crippen LogP contribution >= 0.6 is 0 Å². The average molecular weight is 411 g/mol. The van der Waals surface area contributed by atoms with E-state index in [1.807, 2.05) is 25.1 Å². The molecule has 3 atom stereocenters. The summed E-state index contributed by atoms with van der Waals surface area (Å²) in [6.45, 7) is 3.95. The third kappa shape index (κ3) is 3.59. The first-order valence-corrected chi connectivity index (χ1v) is 10.6. The molecule has 160 valence electrons. The lowest BCUT2D eigenvalue weighted by atomic mass is 9.81. The van der Waals surface area contributed by atoms with Crippen LogP contribution in [0.15, 0.2) is 18.2 Å². The van der Waals surface area contributed by atoms with E-state index in [4.69, 9.17) is 14.2 Å². The average Bonchev–Trinajstić information content (AvgIpc) is 3.30. The largest absolute Gasteiger partial charge is 0.497 e. The maximum absolute atomic E-state index is 13.0. The molecule has 0 spiro atoms. The summed E-state index contributed by atoms with van der Waals surface area (Å²) in [5.41, 5.74) is 3.48. The van der Waals surface area contributed by atoms with Gasteiger partial charge in [0, 0.05) is 29.2 Å². The standard InChI is InChI=1S/C24H29NO5/c1-13-6-5-7-20(13)30-24(27)23-14(2)22-18(25-23)10-15(11-19(22)26)17-12-16(28-3)8-9-21(17)29-4/h8-9,12-13,15,20,25H,5-7,10-11H2,1-4H3/t13-,15-,20+/m0/s1. The summed E-state index contributed by atoms with van der Waals surface area (Å²) in [5, 5.41) is 0. The van der Waals surface area contributed by atoms with Crippen molar-refractivity contribution in [2.45, 2.75) is 58.0 Å². The third-order valence-corrected chi connectivity index (χ3v) is 6.61. The number of ether oxygens (including phenoxy) is 3. The van der Waals surface area contributed by atoms with Crippen molar-refractivity contribution in [3.05, 3.63) is 46.3 Å². The smallest absolute Gasteiger partial charge is 0.355 e. The first kappa shape index (κ1) is 20.5. The number of H-pyrrole nitrogens is 1. The lowest BCUT2D eigenvalue weighted by molar-refractivity contribution is 0.0219. The number of carbonyl (C=O) groups excluding carboxylic acids is 2. The van der Waals surface area contributed by atoms with Crippen LogP contribution in [0.2, 0.25) is 0 Å². The van der Waals surface area contributed by atoms with Gasteiger partial charge in [-0.15, -0.1) is 0 Å². The second-order valence-electron chi connectivity index (χ2n) is 8.47. The number of fused-ring (bicyclic) bond motifs is 1. The van der Waals surface area contributed by atoms with Crippen molar-refractivity contribution in [2.75, 3.05) is 14.2 Å². The molecule has 2 aliphatic carbocycles. The topological polar surface area (TPSA) is 77.6 Å². The summed E-state index contributed by atoms with van der Waals surface area (Å²) < 4.78 is 16.6. The molecule has 0 amide bonds. The Kier molecular flexibility index (Phi) is 5.58. The lowest BCUT2D eigenvalue weighted by Gasteiger charge is -2.24. The fraction of sp³-hybridized carbons (Fsp3) is 0.500. The van der Waals surface area contributed by atoms with Gasteiger partial charge in [-0.25, -0.2) is 4.79 Å². The molecule has 2 aromatic rings. The van der Waals surface area contributed by atoms with Crippen LogP contribution in [0.3, 0.4) is 0 Å². The van der Waals surface area contributed by atoms with Gasteiger partial charge in [-0.2, -0.15) is 0 Å². The SMILES string of the molecule is COc1ccc(OC)c([C@@H]2CC(=O)c3c([nH]c(C(=O)O[C@@H]4CCC[C@@H]4C)c3C)C2)c1. The predicted molar refractivity (Wildman–Crippen MR) is 113 cm³/mol. The van der Waals surface area contributed by atoms with E-state index in [2.05, 4.69) is 11.9 Å². The van der Waals surface area contributed by atoms with E-state index in [9.17, 15) is 9.59 Å². The molecule has 4 rings (SSSR count). The molecule has 1 aromatic carbocycles. The molecule has 1 fully saturated rings. The highest BCUT2D eigenvalue weighted by Crippen LogP contribution is 2.40. The zero-order valence-electron chi connectivity index (χ0n) is 18.0. The van der Waals surface area contributed by atoms with Crippen molar-refractivity contribution in [2.24, 2.45) is 5.92 Å². The number of aromatic amines is 1. The van der Waals surface area contributed by atoms with E-state index in [0.29, 0.717) is 35.6 Å². The molecule has 1 N–H and O–H groups in total. The number of aromatic nitrogens is 1. The quantitative estimate of drug-likeness (QED) is 0.728. The van der Waals surface area contributed by atoms with E-state index < -0.39 is 0 Å². The summed E-state index contributed by atoms with van der Waals surface area (Å²) in [5.74, 6) is 1.46. The monoisotopic (exact) mass is 411 g/mol. The Bertz CT molecular complexity index is 976. The Morgan fingerprint density at radius 3 is 2.60 bits per heavy atom. The van der Waals surface area contributed by atoms with E-state index in [1.165, 1.54) is 0 Å². The van der Waals surface area contributed by atoms with Crippen molar-refractivity contribution in [1.29, 1.82) is 0 Å². The van der Waals surface area contributed by atoms with Gasteiger partial charge in [0.1, 0.15) is 23.3 Å². The maximum Gasteiger partial charge on any atom is 0.355 e. The molecule has 0 unspecified atom stereocenters. The number of hydrogen-bond donors (Lipinski definition) is 1. The van der Waals surface area contributed by atoms with Crippen LogP contribution in [0.1, 0.15) is 76.2 Å². The number of benzene rings is 1. The van der Waals surface area contributed by atoms with Crippen molar-refractivity contribution >= 4 is 11.8 Å². The minimum Gasteiger partial charge on any atom is -0.497 e. The van der Waals surface area contributed by atoms with Crippen LogP contribution in [0.5, 0.6) is 11.5 Å². The Morgan fingerprint density at radius 1 is 1.13 bits per heavy atom. The molecule has 0 aliphatic heterocycles. The van der Waals surface area contributed by atoms with Gasteiger partial charge in [0.2, 0.25) is 0 Å². The van der Waals surface area contributed by atoms with Crippen LogP contribution in [-0.4, -0.2) is 37.1 Å². The molecule has 0 radical (unpaired) electrons. The number of carbonyl (C=O) groups is 2. The van der Waals surface area contributed by atoms with E-state index in [1.54, 1.807) is 14.2 Å². The number of ketones is 1. The Morgan fingerprint density at radius 2 is 1.93 bits per heavy atom. The summed E-state index contributed by atoms with van der Waals surface area (Å²) in [6, 6.07) is 5.63. The molecule has 1 heterocycles. The van der Waals surface area contributed by atoms with Gasteiger partial charge in [-0.05, 0) is 62.3 Å². The first-order valence-electron chi connectivity index (χ1n) is 10.6. The van der Waals surface area contributed by atoms with Gasteiger partial charge in [0.05, 0.1) is 14.2 Å². The highest BCUT2D eigenvalue weighted by atomic mass is 16.5. The molecular formula is C24H29NO5. The van der Waals surface area contributed by atoms with Gasteiger partial charge >= 0.3 is 5.97 Å². The number of hydrogen-bond acceptors (Lipinski definition) is 5. The fourth-order valence-electron chi connectivity index (χ4n) is 4.90.